The molecule has 1 heterocycles. The first kappa shape index (κ1) is 10.0. The molecule has 0 fully saturated rings. The number of rotatable bonds is 4. The lowest BCUT2D eigenvalue weighted by molar-refractivity contribution is 0.593. The van der Waals surface area contributed by atoms with Crippen LogP contribution in [0.1, 0.15) is 12.6 Å². The van der Waals surface area contributed by atoms with E-state index in [0.29, 0.717) is 5.82 Å². The van der Waals surface area contributed by atoms with E-state index in [0.717, 1.165) is 12.1 Å². The molecule has 0 aromatic carbocycles. The van der Waals surface area contributed by atoms with Crippen LogP contribution in [0.3, 0.4) is 0 Å². The second-order valence-electron chi connectivity index (χ2n) is 2.44. The molecule has 1 aromatic heterocycles. The maximum Gasteiger partial charge on any atom is 0.300 e. The van der Waals surface area contributed by atoms with E-state index in [1.54, 1.807) is 6.07 Å². The number of anilines is 1. The summed E-state index contributed by atoms with van der Waals surface area (Å²) in [6.45, 7) is 1.95. The average Bonchev–Trinajstić information content (AvgIpc) is 2.52. The van der Waals surface area contributed by atoms with E-state index < -0.39 is 10.2 Å². The number of nitrogens with one attached hydrogen (secondary N) is 3. The van der Waals surface area contributed by atoms with Crippen LogP contribution < -0.4 is 9.44 Å². The molecule has 0 radical (unpaired) electrons. The van der Waals surface area contributed by atoms with E-state index in [1.807, 2.05) is 6.92 Å². The zero-order chi connectivity index (χ0) is 9.90. The van der Waals surface area contributed by atoms with Gasteiger partial charge in [-0.15, -0.1) is 0 Å². The molecule has 0 unspecified atom stereocenters. The van der Waals surface area contributed by atoms with Gasteiger partial charge < -0.3 is 0 Å². The third-order valence-corrected chi connectivity index (χ3v) is 2.53. The van der Waals surface area contributed by atoms with E-state index in [2.05, 4.69) is 19.6 Å². The minimum atomic E-state index is -3.45. The Labute approximate surface area is 76.9 Å². The van der Waals surface area contributed by atoms with Crippen LogP contribution in [0.4, 0.5) is 5.82 Å². The van der Waals surface area contributed by atoms with E-state index >= 15 is 0 Å². The number of aromatic amines is 1. The van der Waals surface area contributed by atoms with Gasteiger partial charge in [0.05, 0.1) is 0 Å². The summed E-state index contributed by atoms with van der Waals surface area (Å²) >= 11 is 0. The first-order valence-corrected chi connectivity index (χ1v) is 5.31. The highest BCUT2D eigenvalue weighted by molar-refractivity contribution is 7.90. The molecule has 1 aromatic rings. The summed E-state index contributed by atoms with van der Waals surface area (Å²) in [5.74, 6) is 0.297. The van der Waals surface area contributed by atoms with Gasteiger partial charge in [-0.05, 0) is 6.42 Å². The fourth-order valence-corrected chi connectivity index (χ4v) is 1.27. The lowest BCUT2D eigenvalue weighted by atomic mass is 10.3. The maximum absolute atomic E-state index is 11.0. The van der Waals surface area contributed by atoms with Crippen LogP contribution in [-0.4, -0.2) is 25.7 Å². The molecular weight excluding hydrogens is 192 g/mol. The van der Waals surface area contributed by atoms with Gasteiger partial charge in [-0.25, -0.2) is 4.72 Å². The van der Waals surface area contributed by atoms with Crippen molar-refractivity contribution in [2.75, 3.05) is 11.8 Å². The maximum atomic E-state index is 11.0. The quantitative estimate of drug-likeness (QED) is 0.637. The molecule has 0 saturated heterocycles. The number of hydrogen-bond acceptors (Lipinski definition) is 3. The molecule has 1 rings (SSSR count). The van der Waals surface area contributed by atoms with Gasteiger partial charge in [0.15, 0.2) is 5.82 Å². The third-order valence-electron chi connectivity index (χ3n) is 1.52. The molecule has 0 spiro atoms. The van der Waals surface area contributed by atoms with Gasteiger partial charge in [-0.1, -0.05) is 6.92 Å². The number of aromatic nitrogens is 2. The Bertz CT molecular complexity index is 370. The second-order valence-corrected chi connectivity index (χ2v) is 4.06. The van der Waals surface area contributed by atoms with Gasteiger partial charge in [-0.3, -0.25) is 9.82 Å². The summed E-state index contributed by atoms with van der Waals surface area (Å²) in [6, 6.07) is 1.65. The fourth-order valence-electron chi connectivity index (χ4n) is 0.784. The Hall–Kier alpha value is -1.08. The molecule has 7 heteroatoms. The Kier molecular flexibility index (Phi) is 2.89. The molecule has 0 atom stereocenters. The van der Waals surface area contributed by atoms with Crippen molar-refractivity contribution in [2.24, 2.45) is 0 Å². The van der Waals surface area contributed by atoms with Crippen molar-refractivity contribution >= 4 is 16.0 Å². The van der Waals surface area contributed by atoms with Crippen molar-refractivity contribution < 1.29 is 8.42 Å². The molecule has 74 valence electrons. The second kappa shape index (κ2) is 3.75. The lowest BCUT2D eigenvalue weighted by Crippen LogP contribution is -2.26. The van der Waals surface area contributed by atoms with E-state index in [-0.39, 0.29) is 0 Å². The van der Waals surface area contributed by atoms with Gasteiger partial charge in [0, 0.05) is 18.8 Å². The van der Waals surface area contributed by atoms with Gasteiger partial charge in [-0.2, -0.15) is 13.5 Å². The number of hydrogen-bond donors (Lipinski definition) is 3. The first-order chi connectivity index (χ1) is 6.07. The summed E-state index contributed by atoms with van der Waals surface area (Å²) in [5.41, 5.74) is 0.883. The summed E-state index contributed by atoms with van der Waals surface area (Å²) in [6.07, 6.45) is 0.786. The molecule has 0 bridgehead atoms. The van der Waals surface area contributed by atoms with Crippen LogP contribution in [0, 0.1) is 0 Å². The Morgan fingerprint density at radius 1 is 1.62 bits per heavy atom. The highest BCUT2D eigenvalue weighted by atomic mass is 32.2. The van der Waals surface area contributed by atoms with Crippen molar-refractivity contribution in [1.82, 2.24) is 14.9 Å². The highest BCUT2D eigenvalue weighted by Crippen LogP contribution is 2.06. The van der Waals surface area contributed by atoms with Crippen LogP contribution in [0.15, 0.2) is 6.07 Å². The molecule has 0 aliphatic rings. The largest absolute Gasteiger partial charge is 0.300 e. The molecule has 0 aliphatic carbocycles. The van der Waals surface area contributed by atoms with Crippen LogP contribution in [0.5, 0.6) is 0 Å². The number of nitrogens with zero attached hydrogens (tertiary/aromatic N) is 1. The van der Waals surface area contributed by atoms with Gasteiger partial charge >= 0.3 is 0 Å². The van der Waals surface area contributed by atoms with Crippen molar-refractivity contribution in [2.45, 2.75) is 13.3 Å². The lowest BCUT2D eigenvalue weighted by Gasteiger charge is -2.00. The average molecular weight is 204 g/mol. The van der Waals surface area contributed by atoms with Gasteiger partial charge in [0.2, 0.25) is 0 Å². The summed E-state index contributed by atoms with van der Waals surface area (Å²) in [7, 11) is -2.12. The van der Waals surface area contributed by atoms with E-state index in [4.69, 9.17) is 0 Å². The Morgan fingerprint density at radius 2 is 2.31 bits per heavy atom. The summed E-state index contributed by atoms with van der Waals surface area (Å²) in [5, 5.41) is 6.46. The summed E-state index contributed by atoms with van der Waals surface area (Å²) in [4.78, 5) is 0. The smallest absolute Gasteiger partial charge is 0.280 e. The zero-order valence-corrected chi connectivity index (χ0v) is 8.27. The van der Waals surface area contributed by atoms with E-state index in [1.165, 1.54) is 7.05 Å². The molecule has 3 N–H and O–H groups in total. The molecule has 0 saturated carbocycles. The Morgan fingerprint density at radius 3 is 2.77 bits per heavy atom. The Balaban J connectivity index is 2.75. The SMILES string of the molecule is CCc1cc(NS(=O)(=O)NC)n[nH]1. The van der Waals surface area contributed by atoms with Crippen molar-refractivity contribution in [3.05, 3.63) is 11.8 Å². The zero-order valence-electron chi connectivity index (χ0n) is 7.46. The molecule has 13 heavy (non-hydrogen) atoms. The van der Waals surface area contributed by atoms with Crippen LogP contribution in [0.25, 0.3) is 0 Å². The van der Waals surface area contributed by atoms with Crippen LogP contribution in [0.2, 0.25) is 0 Å². The number of H-pyrrole nitrogens is 1. The minimum Gasteiger partial charge on any atom is -0.280 e. The fraction of sp³-hybridized carbons (Fsp3) is 0.500. The van der Waals surface area contributed by atoms with Gasteiger partial charge in [0.25, 0.3) is 10.2 Å². The van der Waals surface area contributed by atoms with E-state index in [9.17, 15) is 8.42 Å². The molecular formula is C6H12N4O2S. The normalized spacial score (nSPS) is 11.5. The first-order valence-electron chi connectivity index (χ1n) is 3.83. The summed E-state index contributed by atoms with van der Waals surface area (Å²) < 4.78 is 26.3. The van der Waals surface area contributed by atoms with Crippen molar-refractivity contribution in [3.8, 4) is 0 Å². The van der Waals surface area contributed by atoms with Crippen LogP contribution >= 0.6 is 0 Å². The highest BCUT2D eigenvalue weighted by Gasteiger charge is 2.08. The predicted molar refractivity (Wildman–Crippen MR) is 49.6 cm³/mol. The van der Waals surface area contributed by atoms with Gasteiger partial charge in [0.1, 0.15) is 0 Å². The number of aryl methyl sites for hydroxylation is 1. The minimum absolute atomic E-state index is 0.297. The van der Waals surface area contributed by atoms with Crippen molar-refractivity contribution in [3.63, 3.8) is 0 Å². The predicted octanol–water partition coefficient (Wildman–Crippen LogP) is -0.152. The topological polar surface area (TPSA) is 86.9 Å². The van der Waals surface area contributed by atoms with Crippen LogP contribution in [-0.2, 0) is 16.6 Å². The monoisotopic (exact) mass is 204 g/mol. The standard InChI is InChI=1S/C6H12N4O2S/c1-3-5-4-6(9-8-5)10-13(11,12)7-2/h4,7H,3H2,1-2H3,(H2,8,9,10). The van der Waals surface area contributed by atoms with Crippen molar-refractivity contribution in [1.29, 1.82) is 0 Å². The molecule has 0 aliphatic heterocycles. The molecule has 6 nitrogen and oxygen atoms in total. The molecule has 0 amide bonds. The third kappa shape index (κ3) is 2.71.